The Labute approximate surface area is 268 Å². The molecule has 0 aliphatic rings. The van der Waals surface area contributed by atoms with Gasteiger partial charge < -0.3 is 0 Å². The third kappa shape index (κ3) is 4.15. The van der Waals surface area contributed by atoms with Crippen molar-refractivity contribution in [2.45, 2.75) is 13.8 Å². The molecule has 0 saturated carbocycles. The van der Waals surface area contributed by atoms with Gasteiger partial charge in [-0.05, 0) is 106 Å². The highest BCUT2D eigenvalue weighted by Crippen LogP contribution is 2.41. The van der Waals surface area contributed by atoms with E-state index in [2.05, 4.69) is 172 Å². The second-order valence-corrected chi connectivity index (χ2v) is 12.6. The summed E-state index contributed by atoms with van der Waals surface area (Å²) in [6, 6.07) is 57.6. The maximum atomic E-state index is 2.28. The molecule has 0 radical (unpaired) electrons. The molecule has 46 heavy (non-hydrogen) atoms. The summed E-state index contributed by atoms with van der Waals surface area (Å²) in [7, 11) is 0. The van der Waals surface area contributed by atoms with Crippen molar-refractivity contribution in [1.29, 1.82) is 0 Å². The summed E-state index contributed by atoms with van der Waals surface area (Å²) in [5, 5.41) is 16.2. The van der Waals surface area contributed by atoms with Crippen LogP contribution >= 0.6 is 0 Å². The van der Waals surface area contributed by atoms with E-state index in [1.54, 1.807) is 0 Å². The van der Waals surface area contributed by atoms with Gasteiger partial charge in [0.05, 0.1) is 0 Å². The minimum absolute atomic E-state index is 1.29. The first-order valence-corrected chi connectivity index (χ1v) is 16.1. The number of hydrogen-bond donors (Lipinski definition) is 0. The van der Waals surface area contributed by atoms with Crippen LogP contribution in [0.15, 0.2) is 158 Å². The molecule has 0 heterocycles. The molecular formula is C46H32. The van der Waals surface area contributed by atoms with Crippen LogP contribution in [-0.4, -0.2) is 0 Å². The molecule has 0 unspecified atom stereocenters. The van der Waals surface area contributed by atoms with Crippen LogP contribution < -0.4 is 0 Å². The van der Waals surface area contributed by atoms with Gasteiger partial charge in [0.2, 0.25) is 0 Å². The molecule has 0 aliphatic heterocycles. The third-order valence-corrected chi connectivity index (χ3v) is 9.82. The SMILES string of the molecule is Cc1cccc(-c2ccc3ccc4cccc5ccc2c3c45)c1.Cc1ccccc1-c1ccc2ccc3cccc4ccc1c2c34. The lowest BCUT2D eigenvalue weighted by Gasteiger charge is -2.15. The maximum Gasteiger partial charge on any atom is -0.00206 e. The van der Waals surface area contributed by atoms with Crippen LogP contribution in [0.5, 0.6) is 0 Å². The van der Waals surface area contributed by atoms with E-state index in [1.165, 1.54) is 98.0 Å². The molecule has 0 atom stereocenters. The van der Waals surface area contributed by atoms with Gasteiger partial charge in [-0.1, -0.05) is 163 Å². The highest BCUT2D eigenvalue weighted by molar-refractivity contribution is 6.26. The molecule has 10 rings (SSSR count). The van der Waals surface area contributed by atoms with Crippen LogP contribution in [0.1, 0.15) is 11.1 Å². The molecule has 0 heteroatoms. The Balaban J connectivity index is 0.000000127. The number of benzene rings is 10. The molecule has 0 saturated heterocycles. The Morgan fingerprint density at radius 2 is 0.761 bits per heavy atom. The van der Waals surface area contributed by atoms with Gasteiger partial charge in [-0.25, -0.2) is 0 Å². The van der Waals surface area contributed by atoms with Crippen molar-refractivity contribution < 1.29 is 0 Å². The molecule has 0 aromatic heterocycles. The average Bonchev–Trinajstić information content (AvgIpc) is 3.10. The molecule has 0 aliphatic carbocycles. The first-order valence-electron chi connectivity index (χ1n) is 16.1. The maximum absolute atomic E-state index is 2.28. The summed E-state index contributed by atoms with van der Waals surface area (Å²) >= 11 is 0. The van der Waals surface area contributed by atoms with Crippen LogP contribution in [0.25, 0.3) is 86.9 Å². The van der Waals surface area contributed by atoms with Gasteiger partial charge in [0.25, 0.3) is 0 Å². The topological polar surface area (TPSA) is 0 Å². The van der Waals surface area contributed by atoms with E-state index in [9.17, 15) is 0 Å². The molecule has 10 aromatic rings. The second-order valence-electron chi connectivity index (χ2n) is 12.6. The van der Waals surface area contributed by atoms with E-state index in [0.717, 1.165) is 0 Å². The van der Waals surface area contributed by atoms with Gasteiger partial charge in [-0.3, -0.25) is 0 Å². The molecule has 0 spiro atoms. The van der Waals surface area contributed by atoms with E-state index in [0.29, 0.717) is 0 Å². The molecule has 10 aromatic carbocycles. The molecular weight excluding hydrogens is 553 g/mol. The Morgan fingerprint density at radius 1 is 0.304 bits per heavy atom. The average molecular weight is 585 g/mol. The lowest BCUT2D eigenvalue weighted by atomic mass is 9.89. The summed E-state index contributed by atoms with van der Waals surface area (Å²) in [5.74, 6) is 0. The Bertz CT molecular complexity index is 2680. The van der Waals surface area contributed by atoms with Gasteiger partial charge >= 0.3 is 0 Å². The quantitative estimate of drug-likeness (QED) is 0.177. The predicted molar refractivity (Wildman–Crippen MR) is 201 cm³/mol. The number of rotatable bonds is 2. The van der Waals surface area contributed by atoms with E-state index in [4.69, 9.17) is 0 Å². The number of hydrogen-bond acceptors (Lipinski definition) is 0. The summed E-state index contributed by atoms with van der Waals surface area (Å²) in [5.41, 5.74) is 7.89. The van der Waals surface area contributed by atoms with Crippen molar-refractivity contribution in [3.63, 3.8) is 0 Å². The standard InChI is InChI=1S/2C23H16/c1-15-4-2-7-19(14-15)20-12-10-18-9-8-16-5-3-6-17-11-13-21(20)23(18)22(16)17;1-15-5-2-3-8-19(15)20-13-11-18-10-9-16-6-4-7-17-12-14-21(20)23(18)22(16)17/h2*2-14H,1H3. The van der Waals surface area contributed by atoms with Crippen molar-refractivity contribution in [2.24, 2.45) is 0 Å². The summed E-state index contributed by atoms with van der Waals surface area (Å²) in [6.45, 7) is 4.34. The van der Waals surface area contributed by atoms with E-state index in [1.807, 2.05) is 0 Å². The minimum atomic E-state index is 1.29. The fourth-order valence-electron chi connectivity index (χ4n) is 7.64. The minimum Gasteiger partial charge on any atom is -0.0620 e. The molecule has 0 amide bonds. The zero-order valence-electron chi connectivity index (χ0n) is 26.0. The van der Waals surface area contributed by atoms with Gasteiger partial charge in [0, 0.05) is 0 Å². The van der Waals surface area contributed by atoms with Crippen LogP contribution in [0.2, 0.25) is 0 Å². The normalized spacial score (nSPS) is 11.7. The molecule has 0 fully saturated rings. The fourth-order valence-corrected chi connectivity index (χ4v) is 7.64. The lowest BCUT2D eigenvalue weighted by molar-refractivity contribution is 1.47. The van der Waals surface area contributed by atoms with Crippen molar-refractivity contribution in [2.75, 3.05) is 0 Å². The van der Waals surface area contributed by atoms with Gasteiger partial charge in [0.1, 0.15) is 0 Å². The Hall–Kier alpha value is -5.72. The predicted octanol–water partition coefficient (Wildman–Crippen LogP) is 13.1. The van der Waals surface area contributed by atoms with Crippen molar-refractivity contribution in [1.82, 2.24) is 0 Å². The van der Waals surface area contributed by atoms with Crippen LogP contribution in [0, 0.1) is 13.8 Å². The zero-order chi connectivity index (χ0) is 30.8. The summed E-state index contributed by atoms with van der Waals surface area (Å²) in [6.07, 6.45) is 0. The lowest BCUT2D eigenvalue weighted by Crippen LogP contribution is -1.88. The highest BCUT2D eigenvalue weighted by atomic mass is 14.2. The monoisotopic (exact) mass is 584 g/mol. The van der Waals surface area contributed by atoms with Crippen LogP contribution in [0.3, 0.4) is 0 Å². The number of aryl methyl sites for hydroxylation is 2. The summed E-state index contributed by atoms with van der Waals surface area (Å²) < 4.78 is 0. The first-order chi connectivity index (χ1) is 22.6. The molecule has 0 N–H and O–H groups in total. The smallest absolute Gasteiger partial charge is 0.00206 e. The molecule has 0 bridgehead atoms. The molecule has 216 valence electrons. The second kappa shape index (κ2) is 10.4. The first kappa shape index (κ1) is 26.7. The van der Waals surface area contributed by atoms with Crippen LogP contribution in [0.4, 0.5) is 0 Å². The van der Waals surface area contributed by atoms with Crippen molar-refractivity contribution >= 4 is 64.6 Å². The largest absolute Gasteiger partial charge is 0.0620 e. The van der Waals surface area contributed by atoms with Gasteiger partial charge in [0.15, 0.2) is 0 Å². The Kier molecular flexibility index (Phi) is 6.05. The van der Waals surface area contributed by atoms with E-state index < -0.39 is 0 Å². The molecule has 0 nitrogen and oxygen atoms in total. The van der Waals surface area contributed by atoms with E-state index in [-0.39, 0.29) is 0 Å². The van der Waals surface area contributed by atoms with Gasteiger partial charge in [-0.2, -0.15) is 0 Å². The van der Waals surface area contributed by atoms with Crippen LogP contribution in [-0.2, 0) is 0 Å². The highest BCUT2D eigenvalue weighted by Gasteiger charge is 2.13. The van der Waals surface area contributed by atoms with E-state index >= 15 is 0 Å². The fraction of sp³-hybridized carbons (Fsp3) is 0.0435. The van der Waals surface area contributed by atoms with Gasteiger partial charge in [-0.15, -0.1) is 0 Å². The van der Waals surface area contributed by atoms with Crippen molar-refractivity contribution in [3.8, 4) is 22.3 Å². The van der Waals surface area contributed by atoms with Crippen molar-refractivity contribution in [3.05, 3.63) is 169 Å². The Morgan fingerprint density at radius 3 is 1.33 bits per heavy atom. The zero-order valence-corrected chi connectivity index (χ0v) is 26.0. The summed E-state index contributed by atoms with van der Waals surface area (Å²) in [4.78, 5) is 0. The third-order valence-electron chi connectivity index (χ3n) is 9.82.